The van der Waals surface area contributed by atoms with Gasteiger partial charge in [-0.3, -0.25) is 0 Å². The molecule has 0 radical (unpaired) electrons. The molecule has 0 aromatic carbocycles. The zero-order valence-electron chi connectivity index (χ0n) is 4.76. The predicted molar refractivity (Wildman–Crippen MR) is 38.8 cm³/mol. The SMILES string of the molecule is c1nc(-c2nnns2)cs1. The number of aromatic nitrogens is 4. The molecular formula is C4H2N4S2. The van der Waals surface area contributed by atoms with E-state index in [9.17, 15) is 0 Å². The van der Waals surface area contributed by atoms with Gasteiger partial charge in [-0.05, 0) is 5.21 Å². The van der Waals surface area contributed by atoms with Crippen LogP contribution in [0.25, 0.3) is 10.7 Å². The fraction of sp³-hybridized carbons (Fsp3) is 0. The van der Waals surface area contributed by atoms with Crippen molar-refractivity contribution in [3.05, 3.63) is 10.9 Å². The Balaban J connectivity index is 2.48. The van der Waals surface area contributed by atoms with Gasteiger partial charge in [0.15, 0.2) is 5.01 Å². The van der Waals surface area contributed by atoms with Crippen LogP contribution >= 0.6 is 22.9 Å². The summed E-state index contributed by atoms with van der Waals surface area (Å²) in [6, 6.07) is 0. The maximum atomic E-state index is 4.05. The molecule has 50 valence electrons. The van der Waals surface area contributed by atoms with Crippen LogP contribution in [-0.2, 0) is 0 Å². The van der Waals surface area contributed by atoms with Gasteiger partial charge >= 0.3 is 0 Å². The van der Waals surface area contributed by atoms with E-state index in [1.54, 1.807) is 5.51 Å². The van der Waals surface area contributed by atoms with Gasteiger partial charge in [-0.25, -0.2) is 4.98 Å². The third-order valence-electron chi connectivity index (χ3n) is 0.951. The van der Waals surface area contributed by atoms with Crippen molar-refractivity contribution in [2.45, 2.75) is 0 Å². The van der Waals surface area contributed by atoms with Gasteiger partial charge in [-0.2, -0.15) is 0 Å². The van der Waals surface area contributed by atoms with Crippen LogP contribution in [0.4, 0.5) is 0 Å². The van der Waals surface area contributed by atoms with Crippen molar-refractivity contribution in [1.82, 2.24) is 19.8 Å². The highest BCUT2D eigenvalue weighted by atomic mass is 32.1. The lowest BCUT2D eigenvalue weighted by Crippen LogP contribution is -1.74. The van der Waals surface area contributed by atoms with Crippen LogP contribution in [0.5, 0.6) is 0 Å². The first-order valence-corrected chi connectivity index (χ1v) is 4.22. The van der Waals surface area contributed by atoms with Gasteiger partial charge in [0.25, 0.3) is 0 Å². The van der Waals surface area contributed by atoms with Crippen molar-refractivity contribution in [3.63, 3.8) is 0 Å². The molecule has 2 heterocycles. The van der Waals surface area contributed by atoms with E-state index < -0.39 is 0 Å². The van der Waals surface area contributed by atoms with Crippen LogP contribution in [0, 0.1) is 0 Å². The largest absolute Gasteiger partial charge is 0.242 e. The molecule has 0 spiro atoms. The van der Waals surface area contributed by atoms with Crippen molar-refractivity contribution in [1.29, 1.82) is 0 Å². The summed E-state index contributed by atoms with van der Waals surface area (Å²) in [7, 11) is 0. The van der Waals surface area contributed by atoms with E-state index in [0.717, 1.165) is 10.7 Å². The lowest BCUT2D eigenvalue weighted by molar-refractivity contribution is 0.960. The topological polar surface area (TPSA) is 51.6 Å². The van der Waals surface area contributed by atoms with Crippen molar-refractivity contribution in [2.75, 3.05) is 0 Å². The maximum absolute atomic E-state index is 4.05. The Kier molecular flexibility index (Phi) is 1.40. The molecule has 0 N–H and O–H groups in total. The quantitative estimate of drug-likeness (QED) is 0.642. The minimum absolute atomic E-state index is 0.779. The number of rotatable bonds is 1. The van der Waals surface area contributed by atoms with E-state index in [4.69, 9.17) is 0 Å². The standard InChI is InChI=1S/C4H2N4S2/c1-3(5-2-9-1)4-6-7-8-10-4/h1-2H. The summed E-state index contributed by atoms with van der Waals surface area (Å²) >= 11 is 2.79. The molecule has 2 aromatic heterocycles. The maximum Gasteiger partial charge on any atom is 0.187 e. The van der Waals surface area contributed by atoms with Crippen molar-refractivity contribution in [2.24, 2.45) is 0 Å². The second-order valence-corrected chi connectivity index (χ2v) is 2.99. The fourth-order valence-corrected chi connectivity index (χ4v) is 1.59. The first-order valence-electron chi connectivity index (χ1n) is 2.50. The summed E-state index contributed by atoms with van der Waals surface area (Å²) < 4.78 is 3.62. The first kappa shape index (κ1) is 5.87. The summed E-state index contributed by atoms with van der Waals surface area (Å²) in [5.74, 6) is 0. The molecule has 0 fully saturated rings. The van der Waals surface area contributed by atoms with E-state index in [1.165, 1.54) is 22.9 Å². The Hall–Kier alpha value is -0.880. The van der Waals surface area contributed by atoms with Crippen molar-refractivity contribution < 1.29 is 0 Å². The molecule has 0 aliphatic rings. The van der Waals surface area contributed by atoms with Gasteiger partial charge in [0, 0.05) is 16.9 Å². The third kappa shape index (κ3) is 0.910. The summed E-state index contributed by atoms with van der Waals surface area (Å²) in [5.41, 5.74) is 2.62. The fourth-order valence-electron chi connectivity index (χ4n) is 0.550. The summed E-state index contributed by atoms with van der Waals surface area (Å²) in [6.45, 7) is 0. The molecule has 0 amide bonds. The normalized spacial score (nSPS) is 10.0. The Morgan fingerprint density at radius 1 is 1.40 bits per heavy atom. The molecule has 0 bridgehead atoms. The zero-order chi connectivity index (χ0) is 6.81. The van der Waals surface area contributed by atoms with Crippen molar-refractivity contribution >= 4 is 22.9 Å². The summed E-state index contributed by atoms with van der Waals surface area (Å²) in [5, 5.41) is 9.92. The monoisotopic (exact) mass is 170 g/mol. The van der Waals surface area contributed by atoms with Gasteiger partial charge in [-0.1, -0.05) is 4.49 Å². The van der Waals surface area contributed by atoms with E-state index in [2.05, 4.69) is 19.8 Å². The molecule has 6 heteroatoms. The molecule has 2 aromatic rings. The van der Waals surface area contributed by atoms with Crippen LogP contribution in [0.15, 0.2) is 10.9 Å². The average molecular weight is 170 g/mol. The Bertz CT molecular complexity index is 255. The van der Waals surface area contributed by atoms with Gasteiger partial charge in [0.1, 0.15) is 5.69 Å². The van der Waals surface area contributed by atoms with E-state index >= 15 is 0 Å². The number of hydrogen-bond donors (Lipinski definition) is 0. The first-order chi connectivity index (χ1) is 4.97. The molecule has 10 heavy (non-hydrogen) atoms. The second-order valence-electron chi connectivity index (χ2n) is 1.54. The number of nitrogens with zero attached hydrogens (tertiary/aromatic N) is 4. The van der Waals surface area contributed by atoms with Gasteiger partial charge < -0.3 is 0 Å². The molecule has 0 aliphatic heterocycles. The van der Waals surface area contributed by atoms with E-state index in [1.807, 2.05) is 5.38 Å². The Morgan fingerprint density at radius 3 is 3.00 bits per heavy atom. The highest BCUT2D eigenvalue weighted by molar-refractivity contribution is 7.10. The Labute approximate surface area is 64.7 Å². The molecular weight excluding hydrogens is 168 g/mol. The molecule has 0 saturated carbocycles. The summed E-state index contributed by atoms with van der Waals surface area (Å²) in [4.78, 5) is 4.05. The molecule has 4 nitrogen and oxygen atoms in total. The zero-order valence-corrected chi connectivity index (χ0v) is 6.39. The van der Waals surface area contributed by atoms with Crippen LogP contribution in [0.3, 0.4) is 0 Å². The highest BCUT2D eigenvalue weighted by Crippen LogP contribution is 2.17. The Morgan fingerprint density at radius 2 is 2.40 bits per heavy atom. The van der Waals surface area contributed by atoms with Crippen LogP contribution < -0.4 is 0 Å². The van der Waals surface area contributed by atoms with Crippen LogP contribution in [0.2, 0.25) is 0 Å². The lowest BCUT2D eigenvalue weighted by Gasteiger charge is -1.78. The highest BCUT2D eigenvalue weighted by Gasteiger charge is 2.02. The minimum Gasteiger partial charge on any atom is -0.242 e. The smallest absolute Gasteiger partial charge is 0.187 e. The van der Waals surface area contributed by atoms with Crippen molar-refractivity contribution in [3.8, 4) is 10.7 Å². The van der Waals surface area contributed by atoms with E-state index in [-0.39, 0.29) is 0 Å². The van der Waals surface area contributed by atoms with Crippen LogP contribution in [-0.4, -0.2) is 19.8 Å². The van der Waals surface area contributed by atoms with Gasteiger partial charge in [0.2, 0.25) is 0 Å². The summed E-state index contributed by atoms with van der Waals surface area (Å²) in [6.07, 6.45) is 0. The number of hydrogen-bond acceptors (Lipinski definition) is 6. The third-order valence-corrected chi connectivity index (χ3v) is 2.16. The van der Waals surface area contributed by atoms with E-state index in [0.29, 0.717) is 0 Å². The molecule has 0 saturated heterocycles. The predicted octanol–water partition coefficient (Wildman–Crippen LogP) is 1.06. The lowest BCUT2D eigenvalue weighted by atomic mass is 10.5. The molecule has 0 atom stereocenters. The molecule has 2 rings (SSSR count). The van der Waals surface area contributed by atoms with Crippen LogP contribution in [0.1, 0.15) is 0 Å². The minimum atomic E-state index is 0.779. The second kappa shape index (κ2) is 2.39. The number of thiazole rings is 1. The molecule has 0 aliphatic carbocycles. The van der Waals surface area contributed by atoms with Gasteiger partial charge in [-0.15, -0.1) is 16.4 Å². The average Bonchev–Trinajstić information content (AvgIpc) is 2.59. The van der Waals surface area contributed by atoms with Gasteiger partial charge in [0.05, 0.1) is 5.51 Å². The molecule has 0 unspecified atom stereocenters.